The lowest BCUT2D eigenvalue weighted by Crippen LogP contribution is -2.38. The van der Waals surface area contributed by atoms with Crippen LogP contribution in [0.2, 0.25) is 0 Å². The normalized spacial score (nSPS) is 13.1. The number of ether oxygens (including phenoxy) is 1. The zero-order valence-corrected chi connectivity index (χ0v) is 16.0. The summed E-state index contributed by atoms with van der Waals surface area (Å²) in [6.07, 6.45) is 5.35. The molecule has 1 aromatic carbocycles. The number of amides is 1. The maximum absolute atomic E-state index is 12.5. The van der Waals surface area contributed by atoms with Crippen molar-refractivity contribution in [1.82, 2.24) is 9.97 Å². The van der Waals surface area contributed by atoms with Crippen LogP contribution in [0.1, 0.15) is 17.7 Å². The Morgan fingerprint density at radius 2 is 2.07 bits per heavy atom. The Balaban J connectivity index is 1.33. The van der Waals surface area contributed by atoms with Crippen molar-refractivity contribution in [3.63, 3.8) is 0 Å². The molecule has 0 atom stereocenters. The second-order valence-electron chi connectivity index (χ2n) is 6.50. The summed E-state index contributed by atoms with van der Waals surface area (Å²) in [4.78, 5) is 34.9. The van der Waals surface area contributed by atoms with Crippen LogP contribution in [-0.2, 0) is 27.2 Å². The highest BCUT2D eigenvalue weighted by atomic mass is 32.1. The fourth-order valence-electron chi connectivity index (χ4n) is 3.22. The zero-order chi connectivity index (χ0) is 19.3. The number of aromatic nitrogens is 2. The Kier molecular flexibility index (Phi) is 5.43. The lowest BCUT2D eigenvalue weighted by molar-refractivity contribution is -0.147. The number of hydrogen-bond acceptors (Lipinski definition) is 6. The van der Waals surface area contributed by atoms with E-state index in [2.05, 4.69) is 9.97 Å². The van der Waals surface area contributed by atoms with Crippen molar-refractivity contribution in [3.8, 4) is 10.6 Å². The van der Waals surface area contributed by atoms with Gasteiger partial charge in [-0.2, -0.15) is 0 Å². The van der Waals surface area contributed by atoms with Crippen molar-refractivity contribution in [2.45, 2.75) is 19.3 Å². The van der Waals surface area contributed by atoms with Crippen LogP contribution in [0.25, 0.3) is 10.6 Å². The number of thiazole rings is 1. The van der Waals surface area contributed by atoms with Crippen LogP contribution in [0.3, 0.4) is 0 Å². The monoisotopic (exact) mass is 393 g/mol. The largest absolute Gasteiger partial charge is 0.455 e. The molecule has 0 fully saturated rings. The van der Waals surface area contributed by atoms with E-state index in [1.54, 1.807) is 17.3 Å². The Morgan fingerprint density at radius 3 is 2.93 bits per heavy atom. The minimum Gasteiger partial charge on any atom is -0.455 e. The number of rotatable bonds is 5. The Hall–Kier alpha value is -3.06. The molecule has 0 saturated heterocycles. The fraction of sp³-hybridized carbons (Fsp3) is 0.238. The molecular formula is C21H19N3O3S. The van der Waals surface area contributed by atoms with E-state index < -0.39 is 5.97 Å². The first-order valence-electron chi connectivity index (χ1n) is 9.09. The summed E-state index contributed by atoms with van der Waals surface area (Å²) in [6, 6.07) is 11.6. The maximum Gasteiger partial charge on any atom is 0.312 e. The summed E-state index contributed by atoms with van der Waals surface area (Å²) in [5, 5.41) is 2.63. The molecule has 28 heavy (non-hydrogen) atoms. The third-order valence-corrected chi connectivity index (χ3v) is 5.49. The number of para-hydroxylation sites is 1. The van der Waals surface area contributed by atoms with E-state index in [0.29, 0.717) is 12.2 Å². The smallest absolute Gasteiger partial charge is 0.312 e. The second-order valence-corrected chi connectivity index (χ2v) is 7.36. The van der Waals surface area contributed by atoms with Gasteiger partial charge in [-0.15, -0.1) is 11.3 Å². The number of fused-ring (bicyclic) bond motifs is 1. The quantitative estimate of drug-likeness (QED) is 0.622. The zero-order valence-electron chi connectivity index (χ0n) is 15.2. The molecule has 2 aromatic heterocycles. The van der Waals surface area contributed by atoms with Crippen molar-refractivity contribution in [1.29, 1.82) is 0 Å². The van der Waals surface area contributed by atoms with E-state index >= 15 is 0 Å². The van der Waals surface area contributed by atoms with E-state index in [1.165, 1.54) is 11.3 Å². The van der Waals surface area contributed by atoms with Crippen molar-refractivity contribution in [2.24, 2.45) is 0 Å². The van der Waals surface area contributed by atoms with Gasteiger partial charge in [-0.3, -0.25) is 14.6 Å². The Morgan fingerprint density at radius 1 is 1.18 bits per heavy atom. The first-order valence-corrected chi connectivity index (χ1v) is 9.97. The molecule has 3 aromatic rings. The molecular weight excluding hydrogens is 374 g/mol. The second kappa shape index (κ2) is 8.31. The molecule has 0 bridgehead atoms. The molecule has 0 unspecified atom stereocenters. The van der Waals surface area contributed by atoms with Gasteiger partial charge in [0, 0.05) is 35.6 Å². The summed E-state index contributed by atoms with van der Waals surface area (Å²) >= 11 is 1.45. The summed E-state index contributed by atoms with van der Waals surface area (Å²) in [5.74, 6) is -0.656. The highest BCUT2D eigenvalue weighted by molar-refractivity contribution is 7.13. The Bertz CT molecular complexity index is 987. The van der Waals surface area contributed by atoms with Gasteiger partial charge >= 0.3 is 5.97 Å². The predicted octanol–water partition coefficient (Wildman–Crippen LogP) is 3.27. The minimum absolute atomic E-state index is 0.0423. The molecule has 6 nitrogen and oxygen atoms in total. The number of nitrogens with zero attached hydrogens (tertiary/aromatic N) is 3. The van der Waals surface area contributed by atoms with Gasteiger partial charge < -0.3 is 9.64 Å². The molecule has 4 rings (SSSR count). The van der Waals surface area contributed by atoms with Crippen molar-refractivity contribution >= 4 is 28.9 Å². The fourth-order valence-corrected chi connectivity index (χ4v) is 4.03. The van der Waals surface area contributed by atoms with Crippen LogP contribution in [0.15, 0.2) is 54.2 Å². The van der Waals surface area contributed by atoms with E-state index in [-0.39, 0.29) is 18.9 Å². The number of esters is 1. The molecule has 1 aliphatic heterocycles. The predicted molar refractivity (Wildman–Crippen MR) is 107 cm³/mol. The van der Waals surface area contributed by atoms with Crippen LogP contribution in [0, 0.1) is 0 Å². The minimum atomic E-state index is -0.457. The van der Waals surface area contributed by atoms with Gasteiger partial charge in [-0.05, 0) is 36.6 Å². The van der Waals surface area contributed by atoms with Crippen LogP contribution in [0.4, 0.5) is 5.69 Å². The number of anilines is 1. The number of benzene rings is 1. The molecule has 1 aliphatic rings. The van der Waals surface area contributed by atoms with Gasteiger partial charge in [-0.1, -0.05) is 18.2 Å². The molecule has 7 heteroatoms. The van der Waals surface area contributed by atoms with Crippen LogP contribution in [-0.4, -0.2) is 35.0 Å². The van der Waals surface area contributed by atoms with Gasteiger partial charge in [0.1, 0.15) is 5.01 Å². The molecule has 1 amide bonds. The summed E-state index contributed by atoms with van der Waals surface area (Å²) in [6.45, 7) is 0.390. The molecule has 142 valence electrons. The average Bonchev–Trinajstić information content (AvgIpc) is 3.20. The number of hydrogen-bond donors (Lipinski definition) is 0. The van der Waals surface area contributed by atoms with Crippen molar-refractivity contribution in [2.75, 3.05) is 18.1 Å². The highest BCUT2D eigenvalue weighted by Gasteiger charge is 2.23. The standard InChI is InChI=1S/C21H19N3O3S/c25-19(24-10-4-7-15-5-1-2-8-18(15)24)13-27-20(26)11-17-14-28-21(23-17)16-6-3-9-22-12-16/h1-3,5-6,8-9,12,14H,4,7,10-11,13H2. The molecule has 0 aliphatic carbocycles. The summed E-state index contributed by atoms with van der Waals surface area (Å²) in [7, 11) is 0. The SMILES string of the molecule is O=C(Cc1csc(-c2cccnc2)n1)OCC(=O)N1CCCc2ccccc21. The van der Waals surface area contributed by atoms with Crippen molar-refractivity contribution < 1.29 is 14.3 Å². The number of carbonyl (C=O) groups is 2. The maximum atomic E-state index is 12.5. The number of carbonyl (C=O) groups excluding carboxylic acids is 2. The lowest BCUT2D eigenvalue weighted by Gasteiger charge is -2.29. The topological polar surface area (TPSA) is 72.4 Å². The third-order valence-electron chi connectivity index (χ3n) is 4.55. The molecule has 3 heterocycles. The molecule has 0 radical (unpaired) electrons. The van der Waals surface area contributed by atoms with E-state index in [0.717, 1.165) is 34.7 Å². The lowest BCUT2D eigenvalue weighted by atomic mass is 10.0. The van der Waals surface area contributed by atoms with Gasteiger partial charge in [0.2, 0.25) is 0 Å². The first kappa shape index (κ1) is 18.3. The number of aryl methyl sites for hydroxylation is 1. The third kappa shape index (κ3) is 4.09. The average molecular weight is 393 g/mol. The van der Waals surface area contributed by atoms with Gasteiger partial charge in [-0.25, -0.2) is 4.98 Å². The van der Waals surface area contributed by atoms with Crippen LogP contribution in [0.5, 0.6) is 0 Å². The van der Waals surface area contributed by atoms with Gasteiger partial charge in [0.05, 0.1) is 12.1 Å². The summed E-state index contributed by atoms with van der Waals surface area (Å²) < 4.78 is 5.21. The van der Waals surface area contributed by atoms with Gasteiger partial charge in [0.15, 0.2) is 6.61 Å². The summed E-state index contributed by atoms with van der Waals surface area (Å²) in [5.41, 5.74) is 3.60. The Labute approximate surface area is 166 Å². The van der Waals surface area contributed by atoms with E-state index in [4.69, 9.17) is 4.74 Å². The van der Waals surface area contributed by atoms with E-state index in [1.807, 2.05) is 41.8 Å². The molecule has 0 saturated carbocycles. The van der Waals surface area contributed by atoms with Gasteiger partial charge in [0.25, 0.3) is 5.91 Å². The van der Waals surface area contributed by atoms with Crippen LogP contribution >= 0.6 is 11.3 Å². The van der Waals surface area contributed by atoms with Crippen molar-refractivity contribution in [3.05, 3.63) is 65.4 Å². The number of pyridine rings is 1. The highest BCUT2D eigenvalue weighted by Crippen LogP contribution is 2.27. The van der Waals surface area contributed by atoms with E-state index in [9.17, 15) is 9.59 Å². The molecule has 0 spiro atoms. The first-order chi connectivity index (χ1) is 13.7. The van der Waals surface area contributed by atoms with Crippen LogP contribution < -0.4 is 4.90 Å². The molecule has 0 N–H and O–H groups in total.